The molecule has 0 radical (unpaired) electrons. The van der Waals surface area contributed by atoms with Crippen LogP contribution < -0.4 is 5.19 Å². The Morgan fingerprint density at radius 2 is 1.67 bits per heavy atom. The standard InChI is InChI=1S/C6H8OSi.Na.H/c7-8-6-4-2-1-3-5-6;;/h1-5,7H,8H2;;. The fourth-order valence-corrected chi connectivity index (χ4v) is 1.07. The summed E-state index contributed by atoms with van der Waals surface area (Å²) in [6.07, 6.45) is 0. The summed E-state index contributed by atoms with van der Waals surface area (Å²) in [7, 11) is -0.909. The summed E-state index contributed by atoms with van der Waals surface area (Å²) in [6, 6.07) is 9.74. The average molecular weight is 148 g/mol. The summed E-state index contributed by atoms with van der Waals surface area (Å²) in [5.41, 5.74) is 0. The Bertz CT molecular complexity index is 154. The fourth-order valence-electron chi connectivity index (χ4n) is 0.583. The molecule has 1 N–H and O–H groups in total. The van der Waals surface area contributed by atoms with Crippen molar-refractivity contribution in [3.63, 3.8) is 0 Å². The molecule has 0 aliphatic heterocycles. The van der Waals surface area contributed by atoms with Crippen LogP contribution in [0, 0.1) is 0 Å². The summed E-state index contributed by atoms with van der Waals surface area (Å²) in [5, 5.41) is 1.10. The zero-order chi connectivity index (χ0) is 5.82. The van der Waals surface area contributed by atoms with E-state index in [0.29, 0.717) is 0 Å². The molecule has 0 saturated heterocycles. The van der Waals surface area contributed by atoms with Crippen LogP contribution in [0.25, 0.3) is 0 Å². The molecular formula is C6H9NaOSi. The summed E-state index contributed by atoms with van der Waals surface area (Å²) >= 11 is 0. The zero-order valence-corrected chi connectivity index (χ0v) is 5.96. The van der Waals surface area contributed by atoms with Crippen LogP contribution in [0.4, 0.5) is 0 Å². The molecule has 0 heterocycles. The molecule has 0 bridgehead atoms. The van der Waals surface area contributed by atoms with Crippen LogP contribution in [0.2, 0.25) is 0 Å². The van der Waals surface area contributed by atoms with E-state index in [0.717, 1.165) is 5.19 Å². The van der Waals surface area contributed by atoms with Gasteiger partial charge in [0.05, 0.1) is 0 Å². The van der Waals surface area contributed by atoms with Crippen molar-refractivity contribution in [3.05, 3.63) is 30.3 Å². The van der Waals surface area contributed by atoms with Gasteiger partial charge in [0.1, 0.15) is 0 Å². The maximum atomic E-state index is 8.68. The topological polar surface area (TPSA) is 20.2 Å². The molecule has 0 aliphatic rings. The second kappa shape index (κ2) is 5.20. The molecule has 0 fully saturated rings. The molecule has 1 aromatic rings. The number of benzene rings is 1. The fraction of sp³-hybridized carbons (Fsp3) is 0. The Balaban J connectivity index is 0.000000640. The van der Waals surface area contributed by atoms with Gasteiger partial charge in [0.2, 0.25) is 0 Å². The molecule has 0 aromatic heterocycles. The van der Waals surface area contributed by atoms with Crippen molar-refractivity contribution in [2.24, 2.45) is 0 Å². The second-order valence-corrected chi connectivity index (χ2v) is 2.78. The average Bonchev–Trinajstić information content (AvgIpc) is 1.90. The van der Waals surface area contributed by atoms with Gasteiger partial charge < -0.3 is 4.80 Å². The molecular weight excluding hydrogens is 139 g/mol. The minimum absolute atomic E-state index is 0. The van der Waals surface area contributed by atoms with Gasteiger partial charge >= 0.3 is 29.6 Å². The predicted molar refractivity (Wildman–Crippen MR) is 44.0 cm³/mol. The molecule has 0 aliphatic carbocycles. The van der Waals surface area contributed by atoms with Crippen molar-refractivity contribution in [3.8, 4) is 0 Å². The first-order valence-corrected chi connectivity index (χ1v) is 3.92. The predicted octanol–water partition coefficient (Wildman–Crippen LogP) is -1.26. The van der Waals surface area contributed by atoms with Crippen LogP contribution in [0.15, 0.2) is 30.3 Å². The summed E-state index contributed by atoms with van der Waals surface area (Å²) < 4.78 is 0. The molecule has 0 amide bonds. The van der Waals surface area contributed by atoms with E-state index in [2.05, 4.69) is 0 Å². The van der Waals surface area contributed by atoms with Crippen molar-refractivity contribution in [2.75, 3.05) is 0 Å². The van der Waals surface area contributed by atoms with E-state index in [1.54, 1.807) is 0 Å². The van der Waals surface area contributed by atoms with Crippen LogP contribution in [0.1, 0.15) is 0 Å². The zero-order valence-electron chi connectivity index (χ0n) is 4.54. The van der Waals surface area contributed by atoms with Gasteiger partial charge in [0.25, 0.3) is 0 Å². The number of rotatable bonds is 1. The van der Waals surface area contributed by atoms with Gasteiger partial charge in [-0.25, -0.2) is 0 Å². The van der Waals surface area contributed by atoms with E-state index in [4.69, 9.17) is 4.80 Å². The van der Waals surface area contributed by atoms with Gasteiger partial charge in [-0.2, -0.15) is 0 Å². The van der Waals surface area contributed by atoms with Crippen molar-refractivity contribution in [1.29, 1.82) is 0 Å². The Labute approximate surface area is 79.3 Å². The summed E-state index contributed by atoms with van der Waals surface area (Å²) in [4.78, 5) is 8.68. The van der Waals surface area contributed by atoms with Gasteiger partial charge in [-0.1, -0.05) is 30.3 Å². The van der Waals surface area contributed by atoms with Crippen molar-refractivity contribution in [2.45, 2.75) is 0 Å². The van der Waals surface area contributed by atoms with E-state index < -0.39 is 9.76 Å². The number of hydrogen-bond acceptors (Lipinski definition) is 1. The Hall–Kier alpha value is 0.397. The SMILES string of the molecule is O[SiH2]c1ccccc1.[NaH]. The molecule has 0 saturated carbocycles. The third-order valence-electron chi connectivity index (χ3n) is 1.03. The normalized spacial score (nSPS) is 9.44. The first kappa shape index (κ1) is 9.40. The molecule has 44 valence electrons. The van der Waals surface area contributed by atoms with Gasteiger partial charge in [0, 0.05) is 0 Å². The molecule has 1 aromatic carbocycles. The molecule has 0 unspecified atom stereocenters. The third kappa shape index (κ3) is 3.18. The number of hydrogen-bond donors (Lipinski definition) is 1. The molecule has 1 nitrogen and oxygen atoms in total. The Kier molecular flexibility index (Phi) is 5.43. The van der Waals surface area contributed by atoms with Crippen LogP contribution in [-0.4, -0.2) is 44.1 Å². The van der Waals surface area contributed by atoms with Crippen LogP contribution >= 0.6 is 0 Å². The van der Waals surface area contributed by atoms with Crippen LogP contribution in [0.3, 0.4) is 0 Å². The molecule has 3 heteroatoms. The Morgan fingerprint density at radius 3 is 2.00 bits per heavy atom. The maximum absolute atomic E-state index is 8.68. The van der Waals surface area contributed by atoms with E-state index in [9.17, 15) is 0 Å². The summed E-state index contributed by atoms with van der Waals surface area (Å²) in [5.74, 6) is 0. The van der Waals surface area contributed by atoms with E-state index in [1.165, 1.54) is 0 Å². The first-order valence-electron chi connectivity index (χ1n) is 2.58. The molecule has 0 spiro atoms. The van der Waals surface area contributed by atoms with Gasteiger partial charge in [-0.15, -0.1) is 0 Å². The molecule has 0 atom stereocenters. The summed E-state index contributed by atoms with van der Waals surface area (Å²) in [6.45, 7) is 0. The third-order valence-corrected chi connectivity index (χ3v) is 1.86. The van der Waals surface area contributed by atoms with Gasteiger partial charge in [-0.3, -0.25) is 0 Å². The molecule has 1 rings (SSSR count). The van der Waals surface area contributed by atoms with Crippen molar-refractivity contribution < 1.29 is 4.80 Å². The minimum atomic E-state index is -0.909. The van der Waals surface area contributed by atoms with E-state index >= 15 is 0 Å². The van der Waals surface area contributed by atoms with Crippen LogP contribution in [0.5, 0.6) is 0 Å². The van der Waals surface area contributed by atoms with Crippen LogP contribution in [-0.2, 0) is 0 Å². The second-order valence-electron chi connectivity index (χ2n) is 1.64. The Morgan fingerprint density at radius 1 is 1.11 bits per heavy atom. The molecule has 9 heavy (non-hydrogen) atoms. The van der Waals surface area contributed by atoms with Crippen molar-refractivity contribution in [1.82, 2.24) is 0 Å². The van der Waals surface area contributed by atoms with E-state index in [1.807, 2.05) is 30.3 Å². The van der Waals surface area contributed by atoms with Gasteiger partial charge in [-0.05, 0) is 5.19 Å². The van der Waals surface area contributed by atoms with E-state index in [-0.39, 0.29) is 29.6 Å². The van der Waals surface area contributed by atoms with Crippen molar-refractivity contribution >= 4 is 44.5 Å². The quantitative estimate of drug-likeness (QED) is 0.493. The monoisotopic (exact) mass is 148 g/mol. The first-order chi connectivity index (χ1) is 3.93. The van der Waals surface area contributed by atoms with Gasteiger partial charge in [0.15, 0.2) is 9.76 Å².